The van der Waals surface area contributed by atoms with Crippen LogP contribution in [-0.2, 0) is 9.53 Å². The fourth-order valence-corrected chi connectivity index (χ4v) is 2.16. The maximum absolute atomic E-state index is 10.8. The summed E-state index contributed by atoms with van der Waals surface area (Å²) in [7, 11) is 0. The van der Waals surface area contributed by atoms with E-state index in [9.17, 15) is 4.79 Å². The Morgan fingerprint density at radius 3 is 2.19 bits per heavy atom. The number of hydrogen-bond acceptors (Lipinski definition) is 2. The highest BCUT2D eigenvalue weighted by molar-refractivity contribution is 5.65. The minimum Gasteiger partial charge on any atom is -0.460 e. The minimum absolute atomic E-state index is 0.166. The molecule has 1 atom stereocenters. The molecule has 16 heavy (non-hydrogen) atoms. The Kier molecular flexibility index (Phi) is 8.26. The van der Waals surface area contributed by atoms with Gasteiger partial charge in [-0.15, -0.1) is 0 Å². The van der Waals surface area contributed by atoms with Crippen LogP contribution in [-0.4, -0.2) is 43.2 Å². The van der Waals surface area contributed by atoms with Crippen molar-refractivity contribution < 1.29 is 14.0 Å². The van der Waals surface area contributed by atoms with Crippen molar-refractivity contribution in [1.29, 1.82) is 0 Å². The van der Waals surface area contributed by atoms with Gasteiger partial charge < -0.3 is 9.22 Å². The molecule has 0 amide bonds. The van der Waals surface area contributed by atoms with E-state index >= 15 is 0 Å². The zero-order chi connectivity index (χ0) is 12.4. The van der Waals surface area contributed by atoms with Crippen molar-refractivity contribution in [3.05, 3.63) is 0 Å². The van der Waals surface area contributed by atoms with Gasteiger partial charge >= 0.3 is 5.97 Å². The Morgan fingerprint density at radius 2 is 1.75 bits per heavy atom. The van der Waals surface area contributed by atoms with E-state index in [0.29, 0.717) is 6.61 Å². The second-order valence-electron chi connectivity index (χ2n) is 4.52. The SMILES string of the molecule is CCCC[N+](CC)(CCC)CCOC(C)=O. The zero-order valence-corrected chi connectivity index (χ0v) is 11.4. The minimum atomic E-state index is -0.166. The lowest BCUT2D eigenvalue weighted by Crippen LogP contribution is -2.51. The number of esters is 1. The average molecular weight is 230 g/mol. The van der Waals surface area contributed by atoms with Crippen molar-refractivity contribution in [2.75, 3.05) is 32.8 Å². The summed E-state index contributed by atoms with van der Waals surface area (Å²) in [6.07, 6.45) is 3.68. The molecule has 0 aliphatic carbocycles. The van der Waals surface area contributed by atoms with E-state index in [4.69, 9.17) is 4.74 Å². The predicted molar refractivity (Wildman–Crippen MR) is 67.2 cm³/mol. The first-order valence-corrected chi connectivity index (χ1v) is 6.58. The summed E-state index contributed by atoms with van der Waals surface area (Å²) >= 11 is 0. The lowest BCUT2D eigenvalue weighted by molar-refractivity contribution is -0.927. The Hall–Kier alpha value is -0.570. The zero-order valence-electron chi connectivity index (χ0n) is 11.4. The highest BCUT2D eigenvalue weighted by Gasteiger charge is 2.23. The van der Waals surface area contributed by atoms with Gasteiger partial charge in [0.2, 0.25) is 0 Å². The summed E-state index contributed by atoms with van der Waals surface area (Å²) < 4.78 is 6.17. The van der Waals surface area contributed by atoms with Gasteiger partial charge in [0.25, 0.3) is 0 Å². The van der Waals surface area contributed by atoms with E-state index in [-0.39, 0.29) is 5.97 Å². The number of nitrogens with zero attached hydrogens (tertiary/aromatic N) is 1. The monoisotopic (exact) mass is 230 g/mol. The van der Waals surface area contributed by atoms with Gasteiger partial charge in [0, 0.05) is 6.92 Å². The molecule has 1 unspecified atom stereocenters. The summed E-state index contributed by atoms with van der Waals surface area (Å²) in [6, 6.07) is 0. The summed E-state index contributed by atoms with van der Waals surface area (Å²) in [5, 5.41) is 0. The smallest absolute Gasteiger partial charge is 0.302 e. The quantitative estimate of drug-likeness (QED) is 0.449. The molecular weight excluding hydrogens is 202 g/mol. The number of carbonyl (C=O) groups is 1. The lowest BCUT2D eigenvalue weighted by atomic mass is 10.2. The van der Waals surface area contributed by atoms with E-state index in [0.717, 1.165) is 17.6 Å². The standard InChI is InChI=1S/C13H28NO2/c1-5-8-10-14(7-3,9-6-2)11-12-16-13(4)15/h5-12H2,1-4H3/q+1. The molecule has 0 spiro atoms. The molecule has 0 rings (SSSR count). The van der Waals surface area contributed by atoms with Crippen LogP contribution in [0.3, 0.4) is 0 Å². The van der Waals surface area contributed by atoms with Gasteiger partial charge in [-0.2, -0.15) is 0 Å². The fourth-order valence-electron chi connectivity index (χ4n) is 2.16. The molecule has 0 saturated heterocycles. The molecule has 3 heteroatoms. The fraction of sp³-hybridized carbons (Fsp3) is 0.923. The molecule has 0 aliphatic rings. The third-order valence-corrected chi connectivity index (χ3v) is 3.23. The van der Waals surface area contributed by atoms with Crippen molar-refractivity contribution in [2.45, 2.75) is 47.0 Å². The first kappa shape index (κ1) is 15.4. The van der Waals surface area contributed by atoms with Crippen molar-refractivity contribution in [1.82, 2.24) is 0 Å². The van der Waals surface area contributed by atoms with E-state index in [1.165, 1.54) is 39.3 Å². The molecule has 96 valence electrons. The Bertz CT molecular complexity index is 194. The highest BCUT2D eigenvalue weighted by atomic mass is 16.5. The number of unbranched alkanes of at least 4 members (excludes halogenated alkanes) is 1. The van der Waals surface area contributed by atoms with Crippen molar-refractivity contribution in [3.8, 4) is 0 Å². The topological polar surface area (TPSA) is 26.3 Å². The van der Waals surface area contributed by atoms with Crippen LogP contribution in [0.4, 0.5) is 0 Å². The molecule has 0 heterocycles. The summed E-state index contributed by atoms with van der Waals surface area (Å²) in [4.78, 5) is 10.8. The number of ether oxygens (including phenoxy) is 1. The maximum atomic E-state index is 10.8. The van der Waals surface area contributed by atoms with Gasteiger partial charge in [-0.3, -0.25) is 4.79 Å². The molecule has 0 N–H and O–H groups in total. The van der Waals surface area contributed by atoms with Crippen LogP contribution in [0, 0.1) is 0 Å². The van der Waals surface area contributed by atoms with Crippen LogP contribution in [0.2, 0.25) is 0 Å². The van der Waals surface area contributed by atoms with Crippen LogP contribution in [0.1, 0.15) is 47.0 Å². The van der Waals surface area contributed by atoms with Crippen molar-refractivity contribution in [3.63, 3.8) is 0 Å². The molecule has 0 aromatic carbocycles. The van der Waals surface area contributed by atoms with Gasteiger partial charge in [0.05, 0.1) is 19.6 Å². The molecule has 0 bridgehead atoms. The number of quaternary nitrogens is 1. The second kappa shape index (κ2) is 8.57. The van der Waals surface area contributed by atoms with Gasteiger partial charge in [0.1, 0.15) is 13.2 Å². The Balaban J connectivity index is 4.19. The second-order valence-corrected chi connectivity index (χ2v) is 4.52. The van der Waals surface area contributed by atoms with Crippen LogP contribution >= 0.6 is 0 Å². The van der Waals surface area contributed by atoms with Gasteiger partial charge in [-0.05, 0) is 19.8 Å². The van der Waals surface area contributed by atoms with Gasteiger partial charge in [0.15, 0.2) is 0 Å². The number of rotatable bonds is 9. The molecular formula is C13H28NO2+. The molecule has 3 nitrogen and oxygen atoms in total. The lowest BCUT2D eigenvalue weighted by Gasteiger charge is -2.37. The van der Waals surface area contributed by atoms with Gasteiger partial charge in [-0.1, -0.05) is 20.3 Å². The summed E-state index contributed by atoms with van der Waals surface area (Å²) in [6.45, 7) is 13.2. The first-order valence-electron chi connectivity index (χ1n) is 6.58. The largest absolute Gasteiger partial charge is 0.460 e. The van der Waals surface area contributed by atoms with E-state index < -0.39 is 0 Å². The van der Waals surface area contributed by atoms with Crippen LogP contribution in [0.15, 0.2) is 0 Å². The van der Waals surface area contributed by atoms with E-state index in [2.05, 4.69) is 20.8 Å². The third-order valence-electron chi connectivity index (χ3n) is 3.23. The van der Waals surface area contributed by atoms with Crippen LogP contribution in [0.5, 0.6) is 0 Å². The number of hydrogen-bond donors (Lipinski definition) is 0. The van der Waals surface area contributed by atoms with Crippen molar-refractivity contribution in [2.24, 2.45) is 0 Å². The van der Waals surface area contributed by atoms with Crippen LogP contribution in [0.25, 0.3) is 0 Å². The molecule has 0 saturated carbocycles. The summed E-state index contributed by atoms with van der Waals surface area (Å²) in [5.74, 6) is -0.166. The molecule has 0 fully saturated rings. The maximum Gasteiger partial charge on any atom is 0.302 e. The molecule has 0 radical (unpaired) electrons. The average Bonchev–Trinajstić information content (AvgIpc) is 2.25. The van der Waals surface area contributed by atoms with Crippen LogP contribution < -0.4 is 0 Å². The number of likely N-dealkylation sites (N-methyl/N-ethyl adjacent to an activating group) is 1. The van der Waals surface area contributed by atoms with E-state index in [1.807, 2.05) is 0 Å². The Morgan fingerprint density at radius 1 is 1.06 bits per heavy atom. The normalized spacial score (nSPS) is 14.5. The Labute approximate surface area is 100 Å². The first-order chi connectivity index (χ1) is 7.60. The molecule has 0 aromatic heterocycles. The van der Waals surface area contributed by atoms with Crippen molar-refractivity contribution >= 4 is 5.97 Å². The molecule has 0 aromatic rings. The van der Waals surface area contributed by atoms with E-state index in [1.54, 1.807) is 0 Å². The third kappa shape index (κ3) is 6.11. The number of carbonyl (C=O) groups excluding carboxylic acids is 1. The highest BCUT2D eigenvalue weighted by Crippen LogP contribution is 2.10. The summed E-state index contributed by atoms with van der Waals surface area (Å²) in [5.41, 5.74) is 0. The van der Waals surface area contributed by atoms with Gasteiger partial charge in [-0.25, -0.2) is 0 Å². The predicted octanol–water partition coefficient (Wildman–Crippen LogP) is 2.60. The molecule has 0 aliphatic heterocycles.